The number of nitrogen functional groups attached to an aromatic ring is 1. The fourth-order valence-electron chi connectivity index (χ4n) is 2.55. The summed E-state index contributed by atoms with van der Waals surface area (Å²) in [5.41, 5.74) is 9.06. The summed E-state index contributed by atoms with van der Waals surface area (Å²) < 4.78 is 0. The molecule has 1 aromatic carbocycles. The Balaban J connectivity index is 1.83. The van der Waals surface area contributed by atoms with E-state index in [4.69, 9.17) is 5.73 Å². The minimum atomic E-state index is 0.370. The number of nitrogens with zero attached hydrogens (tertiary/aromatic N) is 1. The normalized spacial score (nSPS) is 14.1. The van der Waals surface area contributed by atoms with E-state index in [0.717, 1.165) is 29.4 Å². The predicted octanol–water partition coefficient (Wildman–Crippen LogP) is 4.19. The van der Waals surface area contributed by atoms with Gasteiger partial charge in [0.05, 0.1) is 10.7 Å². The highest BCUT2D eigenvalue weighted by Gasteiger charge is 2.13. The predicted molar refractivity (Wildman–Crippen MR) is 91.9 cm³/mol. The third-order valence-corrected chi connectivity index (χ3v) is 5.12. The zero-order chi connectivity index (χ0) is 15.4. The largest absolute Gasteiger partial charge is 0.399 e. The van der Waals surface area contributed by atoms with Gasteiger partial charge in [0, 0.05) is 16.6 Å². The fourth-order valence-corrected chi connectivity index (χ4v) is 3.50. The molecule has 2 rings (SSSR count). The second-order valence-electron chi connectivity index (χ2n) is 5.71. The molecule has 0 aliphatic heterocycles. The standard InChI is InChI=1S/C17H25N3S/c1-11(15-5-7-16(18)8-6-15)9-10-19-12(2)17-13(3)20-14(4)21-17/h5-8,11-12,19H,9-10,18H2,1-4H3. The second-order valence-corrected chi connectivity index (χ2v) is 6.95. The summed E-state index contributed by atoms with van der Waals surface area (Å²) in [5.74, 6) is 0.537. The van der Waals surface area contributed by atoms with Crippen molar-refractivity contribution in [2.75, 3.05) is 12.3 Å². The molecule has 0 amide bonds. The van der Waals surface area contributed by atoms with Crippen LogP contribution in [0.1, 0.15) is 53.4 Å². The SMILES string of the molecule is Cc1nc(C)c(C(C)NCCC(C)c2ccc(N)cc2)s1. The molecule has 0 aliphatic carbocycles. The first-order chi connectivity index (χ1) is 9.97. The molecule has 21 heavy (non-hydrogen) atoms. The van der Waals surface area contributed by atoms with Crippen molar-refractivity contribution < 1.29 is 0 Å². The van der Waals surface area contributed by atoms with Crippen LogP contribution in [-0.2, 0) is 0 Å². The number of nitrogens with one attached hydrogen (secondary N) is 1. The summed E-state index contributed by atoms with van der Waals surface area (Å²) in [6.45, 7) is 9.64. The van der Waals surface area contributed by atoms with Crippen molar-refractivity contribution in [2.24, 2.45) is 0 Å². The van der Waals surface area contributed by atoms with E-state index in [2.05, 4.69) is 50.1 Å². The third-order valence-electron chi connectivity index (χ3n) is 3.87. The lowest BCUT2D eigenvalue weighted by Gasteiger charge is -2.16. The molecule has 0 bridgehead atoms. The fraction of sp³-hybridized carbons (Fsp3) is 0.471. The van der Waals surface area contributed by atoms with Crippen molar-refractivity contribution in [1.82, 2.24) is 10.3 Å². The van der Waals surface area contributed by atoms with E-state index in [1.54, 1.807) is 11.3 Å². The van der Waals surface area contributed by atoms with Gasteiger partial charge in [-0.05, 0) is 57.4 Å². The number of aromatic nitrogens is 1. The first kappa shape index (κ1) is 16.0. The molecular formula is C17H25N3S. The lowest BCUT2D eigenvalue weighted by atomic mass is 9.97. The highest BCUT2D eigenvalue weighted by atomic mass is 32.1. The number of nitrogens with two attached hydrogens (primary N) is 1. The first-order valence-electron chi connectivity index (χ1n) is 7.50. The molecule has 3 nitrogen and oxygen atoms in total. The van der Waals surface area contributed by atoms with Crippen molar-refractivity contribution in [2.45, 2.75) is 46.1 Å². The summed E-state index contributed by atoms with van der Waals surface area (Å²) in [7, 11) is 0. The molecule has 0 aliphatic rings. The number of hydrogen-bond acceptors (Lipinski definition) is 4. The van der Waals surface area contributed by atoms with Gasteiger partial charge in [-0.25, -0.2) is 4.98 Å². The van der Waals surface area contributed by atoms with Gasteiger partial charge >= 0.3 is 0 Å². The van der Waals surface area contributed by atoms with Crippen molar-refractivity contribution in [3.8, 4) is 0 Å². The molecule has 4 heteroatoms. The third kappa shape index (κ3) is 4.29. The van der Waals surface area contributed by atoms with Gasteiger partial charge in [0.2, 0.25) is 0 Å². The molecule has 0 saturated carbocycles. The Hall–Kier alpha value is -1.39. The molecule has 2 aromatic rings. The molecule has 0 radical (unpaired) electrons. The maximum atomic E-state index is 5.73. The lowest BCUT2D eigenvalue weighted by molar-refractivity contribution is 0.534. The number of benzene rings is 1. The van der Waals surface area contributed by atoms with Gasteiger partial charge in [0.15, 0.2) is 0 Å². The van der Waals surface area contributed by atoms with Gasteiger partial charge in [-0.15, -0.1) is 11.3 Å². The summed E-state index contributed by atoms with van der Waals surface area (Å²) >= 11 is 1.79. The molecule has 2 atom stereocenters. The van der Waals surface area contributed by atoms with E-state index < -0.39 is 0 Å². The molecule has 114 valence electrons. The first-order valence-corrected chi connectivity index (χ1v) is 8.31. The van der Waals surface area contributed by atoms with Crippen molar-refractivity contribution in [1.29, 1.82) is 0 Å². The summed E-state index contributed by atoms with van der Waals surface area (Å²) in [5, 5.41) is 4.76. The van der Waals surface area contributed by atoms with Crippen molar-refractivity contribution in [3.05, 3.63) is 45.4 Å². The van der Waals surface area contributed by atoms with Crippen LogP contribution in [-0.4, -0.2) is 11.5 Å². The summed E-state index contributed by atoms with van der Waals surface area (Å²) in [4.78, 5) is 5.85. The van der Waals surface area contributed by atoms with Gasteiger partial charge in [-0.2, -0.15) is 0 Å². The van der Waals surface area contributed by atoms with Gasteiger partial charge in [0.1, 0.15) is 0 Å². The minimum absolute atomic E-state index is 0.370. The van der Waals surface area contributed by atoms with E-state index in [1.165, 1.54) is 10.4 Å². The highest BCUT2D eigenvalue weighted by Crippen LogP contribution is 2.25. The Morgan fingerprint density at radius 1 is 1.19 bits per heavy atom. The number of hydrogen-bond donors (Lipinski definition) is 2. The molecule has 2 unspecified atom stereocenters. The second kappa shape index (κ2) is 7.05. The van der Waals surface area contributed by atoms with Gasteiger partial charge in [-0.1, -0.05) is 19.1 Å². The van der Waals surface area contributed by atoms with Gasteiger partial charge in [-0.3, -0.25) is 0 Å². The summed E-state index contributed by atoms with van der Waals surface area (Å²) in [6.07, 6.45) is 1.12. The van der Waals surface area contributed by atoms with Crippen molar-refractivity contribution >= 4 is 17.0 Å². The monoisotopic (exact) mass is 303 g/mol. The Morgan fingerprint density at radius 2 is 1.86 bits per heavy atom. The van der Waals surface area contributed by atoms with Crippen LogP contribution in [0.15, 0.2) is 24.3 Å². The lowest BCUT2D eigenvalue weighted by Crippen LogP contribution is -2.21. The number of anilines is 1. The van der Waals surface area contributed by atoms with E-state index in [-0.39, 0.29) is 0 Å². The average Bonchev–Trinajstić information content (AvgIpc) is 2.78. The van der Waals surface area contributed by atoms with Crippen molar-refractivity contribution in [3.63, 3.8) is 0 Å². The minimum Gasteiger partial charge on any atom is -0.399 e. The van der Waals surface area contributed by atoms with Crippen LogP contribution in [0.2, 0.25) is 0 Å². The smallest absolute Gasteiger partial charge is 0.0900 e. The van der Waals surface area contributed by atoms with Crippen LogP contribution in [0.4, 0.5) is 5.69 Å². The quantitative estimate of drug-likeness (QED) is 0.787. The van der Waals surface area contributed by atoms with Crippen LogP contribution in [0.3, 0.4) is 0 Å². The Labute approximate surface area is 131 Å². The van der Waals surface area contributed by atoms with E-state index in [0.29, 0.717) is 12.0 Å². The molecule has 3 N–H and O–H groups in total. The van der Waals surface area contributed by atoms with Crippen LogP contribution in [0.25, 0.3) is 0 Å². The van der Waals surface area contributed by atoms with E-state index in [1.807, 2.05) is 12.1 Å². The Morgan fingerprint density at radius 3 is 2.43 bits per heavy atom. The topological polar surface area (TPSA) is 50.9 Å². The van der Waals surface area contributed by atoms with Crippen LogP contribution in [0.5, 0.6) is 0 Å². The maximum Gasteiger partial charge on any atom is 0.0900 e. The molecule has 0 spiro atoms. The zero-order valence-electron chi connectivity index (χ0n) is 13.3. The van der Waals surface area contributed by atoms with Gasteiger partial charge in [0.25, 0.3) is 0 Å². The molecular weight excluding hydrogens is 278 g/mol. The maximum absolute atomic E-state index is 5.73. The highest BCUT2D eigenvalue weighted by molar-refractivity contribution is 7.11. The number of rotatable bonds is 6. The number of aryl methyl sites for hydroxylation is 2. The van der Waals surface area contributed by atoms with Gasteiger partial charge < -0.3 is 11.1 Å². The molecule has 1 aromatic heterocycles. The zero-order valence-corrected chi connectivity index (χ0v) is 14.1. The van der Waals surface area contributed by atoms with Crippen LogP contribution < -0.4 is 11.1 Å². The Kier molecular flexibility index (Phi) is 5.37. The Bertz CT molecular complexity index is 574. The molecule has 1 heterocycles. The summed E-state index contributed by atoms with van der Waals surface area (Å²) in [6, 6.07) is 8.58. The average molecular weight is 303 g/mol. The van der Waals surface area contributed by atoms with E-state index in [9.17, 15) is 0 Å². The van der Waals surface area contributed by atoms with Crippen LogP contribution in [0, 0.1) is 13.8 Å². The molecule has 0 saturated heterocycles. The van der Waals surface area contributed by atoms with Crippen LogP contribution >= 0.6 is 11.3 Å². The number of thiazole rings is 1. The molecule has 0 fully saturated rings. The van der Waals surface area contributed by atoms with E-state index >= 15 is 0 Å².